The second-order valence-electron chi connectivity index (χ2n) is 2.99. The van der Waals surface area contributed by atoms with Crippen molar-refractivity contribution in [3.63, 3.8) is 0 Å². The Balaban J connectivity index is 3.17. The number of rotatable bonds is 10. The molecule has 0 rings (SSSR count). The fraction of sp³-hybridized carbons (Fsp3) is 0.889. The Hall–Kier alpha value is -0.790. The fourth-order valence-electron chi connectivity index (χ4n) is 0.874. The van der Waals surface area contributed by atoms with Crippen LogP contribution in [0.15, 0.2) is 0 Å². The molecule has 0 radical (unpaired) electrons. The average molecular weight is 240 g/mol. The van der Waals surface area contributed by atoms with Gasteiger partial charge in [0.25, 0.3) is 6.43 Å². The number of carbonyl (C=O) groups excluding carboxylic acids is 1. The van der Waals surface area contributed by atoms with E-state index in [1.165, 1.54) is 0 Å². The fourth-order valence-corrected chi connectivity index (χ4v) is 0.874. The van der Waals surface area contributed by atoms with Crippen molar-refractivity contribution in [2.45, 2.75) is 6.43 Å². The molecule has 0 aliphatic heterocycles. The summed E-state index contributed by atoms with van der Waals surface area (Å²) in [7, 11) is 1.57. The van der Waals surface area contributed by atoms with E-state index < -0.39 is 13.0 Å². The molecule has 0 aromatic carbocycles. The number of alkyl halides is 2. The van der Waals surface area contributed by atoms with Gasteiger partial charge in [0.05, 0.1) is 19.8 Å². The predicted molar refractivity (Wildman–Crippen MR) is 54.6 cm³/mol. The molecule has 16 heavy (non-hydrogen) atoms. The molecule has 0 saturated heterocycles. The molecule has 0 aliphatic carbocycles. The first-order valence-electron chi connectivity index (χ1n) is 4.99. The highest BCUT2D eigenvalue weighted by atomic mass is 19.3. The zero-order chi connectivity index (χ0) is 12.2. The zero-order valence-electron chi connectivity index (χ0n) is 9.30. The van der Waals surface area contributed by atoms with Gasteiger partial charge < -0.3 is 20.1 Å². The average Bonchev–Trinajstić information content (AvgIpc) is 2.23. The molecule has 5 nitrogen and oxygen atoms in total. The third-order valence-corrected chi connectivity index (χ3v) is 1.58. The monoisotopic (exact) mass is 240 g/mol. The summed E-state index contributed by atoms with van der Waals surface area (Å²) in [5.74, 6) is -0.197. The minimum atomic E-state index is -2.47. The second kappa shape index (κ2) is 10.7. The highest BCUT2D eigenvalue weighted by Crippen LogP contribution is 1.91. The van der Waals surface area contributed by atoms with Crippen LogP contribution in [0.4, 0.5) is 8.78 Å². The maximum absolute atomic E-state index is 11.6. The summed E-state index contributed by atoms with van der Waals surface area (Å²) < 4.78 is 32.6. The highest BCUT2D eigenvalue weighted by Gasteiger charge is 2.02. The molecule has 0 heterocycles. The molecule has 0 spiro atoms. The largest absolute Gasteiger partial charge is 0.383 e. The number of halogens is 2. The lowest BCUT2D eigenvalue weighted by atomic mass is 10.5. The van der Waals surface area contributed by atoms with Gasteiger partial charge in [-0.25, -0.2) is 8.78 Å². The molecule has 0 fully saturated rings. The van der Waals surface area contributed by atoms with Crippen molar-refractivity contribution in [1.29, 1.82) is 0 Å². The first-order valence-corrected chi connectivity index (χ1v) is 4.99. The van der Waals surface area contributed by atoms with Crippen molar-refractivity contribution in [2.24, 2.45) is 0 Å². The van der Waals surface area contributed by atoms with Crippen LogP contribution in [0.5, 0.6) is 0 Å². The Morgan fingerprint density at radius 1 is 1.31 bits per heavy atom. The van der Waals surface area contributed by atoms with Crippen molar-refractivity contribution in [3.8, 4) is 0 Å². The molecule has 2 N–H and O–H groups in total. The summed E-state index contributed by atoms with van der Waals surface area (Å²) in [6.45, 7) is 1.03. The number of carbonyl (C=O) groups is 1. The third kappa shape index (κ3) is 11.3. The summed E-state index contributed by atoms with van der Waals surface area (Å²) in [6, 6.07) is 0. The van der Waals surface area contributed by atoms with Gasteiger partial charge in [-0.05, 0) is 0 Å². The van der Waals surface area contributed by atoms with Gasteiger partial charge in [-0.15, -0.1) is 0 Å². The Morgan fingerprint density at radius 3 is 2.69 bits per heavy atom. The molecule has 0 bridgehead atoms. The van der Waals surface area contributed by atoms with E-state index in [-0.39, 0.29) is 25.6 Å². The number of amides is 1. The van der Waals surface area contributed by atoms with E-state index in [9.17, 15) is 13.6 Å². The van der Waals surface area contributed by atoms with Gasteiger partial charge >= 0.3 is 0 Å². The molecule has 0 unspecified atom stereocenters. The van der Waals surface area contributed by atoms with E-state index in [2.05, 4.69) is 15.4 Å². The Bertz CT molecular complexity index is 182. The molecular formula is C9H18F2N2O3. The molecule has 0 aromatic heterocycles. The smallest absolute Gasteiger partial charge is 0.261 e. The normalized spacial score (nSPS) is 10.8. The molecular weight excluding hydrogens is 222 g/mol. The van der Waals surface area contributed by atoms with Gasteiger partial charge in [0.2, 0.25) is 5.91 Å². The quantitative estimate of drug-likeness (QED) is 0.511. The van der Waals surface area contributed by atoms with Crippen molar-refractivity contribution in [1.82, 2.24) is 10.6 Å². The Kier molecular flexibility index (Phi) is 10.2. The lowest BCUT2D eigenvalue weighted by Crippen LogP contribution is -2.36. The summed E-state index contributed by atoms with van der Waals surface area (Å²) >= 11 is 0. The van der Waals surface area contributed by atoms with Crippen LogP contribution in [0, 0.1) is 0 Å². The highest BCUT2D eigenvalue weighted by molar-refractivity contribution is 5.77. The van der Waals surface area contributed by atoms with Crippen LogP contribution in [-0.2, 0) is 14.3 Å². The number of methoxy groups -OCH3 is 1. The van der Waals surface area contributed by atoms with Gasteiger partial charge in [-0.3, -0.25) is 4.79 Å². The minimum Gasteiger partial charge on any atom is -0.383 e. The molecule has 7 heteroatoms. The van der Waals surface area contributed by atoms with Crippen LogP contribution >= 0.6 is 0 Å². The van der Waals surface area contributed by atoms with Crippen molar-refractivity contribution in [3.05, 3.63) is 0 Å². The van der Waals surface area contributed by atoms with Gasteiger partial charge in [-0.2, -0.15) is 0 Å². The Labute approximate surface area is 93.5 Å². The van der Waals surface area contributed by atoms with Crippen LogP contribution in [0.1, 0.15) is 0 Å². The van der Waals surface area contributed by atoms with Crippen LogP contribution < -0.4 is 10.6 Å². The third-order valence-electron chi connectivity index (χ3n) is 1.58. The summed E-state index contributed by atoms with van der Waals surface area (Å²) in [5, 5.41) is 5.37. The molecule has 1 amide bonds. The maximum Gasteiger partial charge on any atom is 0.261 e. The lowest BCUT2D eigenvalue weighted by molar-refractivity contribution is -0.120. The topological polar surface area (TPSA) is 59.6 Å². The van der Waals surface area contributed by atoms with E-state index in [0.717, 1.165) is 0 Å². The van der Waals surface area contributed by atoms with E-state index in [4.69, 9.17) is 4.74 Å². The second-order valence-corrected chi connectivity index (χ2v) is 2.99. The number of ether oxygens (including phenoxy) is 2. The van der Waals surface area contributed by atoms with Gasteiger partial charge in [0, 0.05) is 20.2 Å². The van der Waals surface area contributed by atoms with Crippen LogP contribution in [0.25, 0.3) is 0 Å². The van der Waals surface area contributed by atoms with Gasteiger partial charge in [0.15, 0.2) is 0 Å². The molecule has 0 aromatic rings. The van der Waals surface area contributed by atoms with Crippen LogP contribution in [0.3, 0.4) is 0 Å². The number of nitrogens with one attached hydrogen (secondary N) is 2. The summed E-state index contributed by atoms with van der Waals surface area (Å²) in [6.07, 6.45) is -2.47. The molecule has 0 saturated carbocycles. The number of hydrogen-bond donors (Lipinski definition) is 2. The number of hydrogen-bond acceptors (Lipinski definition) is 4. The molecule has 96 valence electrons. The van der Waals surface area contributed by atoms with Crippen LogP contribution in [-0.4, -0.2) is 58.9 Å². The SMILES string of the molecule is COCCNCC(=O)NCCOCC(F)F. The molecule has 0 atom stereocenters. The maximum atomic E-state index is 11.6. The predicted octanol–water partition coefficient (Wildman–Crippen LogP) is -0.380. The summed E-state index contributed by atoms with van der Waals surface area (Å²) in [4.78, 5) is 11.1. The van der Waals surface area contributed by atoms with Crippen molar-refractivity contribution in [2.75, 3.05) is 46.6 Å². The van der Waals surface area contributed by atoms with Crippen LogP contribution in [0.2, 0.25) is 0 Å². The Morgan fingerprint density at radius 2 is 2.06 bits per heavy atom. The minimum absolute atomic E-state index is 0.0914. The summed E-state index contributed by atoms with van der Waals surface area (Å²) in [5.41, 5.74) is 0. The zero-order valence-corrected chi connectivity index (χ0v) is 9.30. The standard InChI is InChI=1S/C9H18F2N2O3/c1-15-4-2-12-6-9(14)13-3-5-16-7-8(10)11/h8,12H,2-7H2,1H3,(H,13,14). The van der Waals surface area contributed by atoms with Crippen molar-refractivity contribution >= 4 is 5.91 Å². The first kappa shape index (κ1) is 15.2. The van der Waals surface area contributed by atoms with Gasteiger partial charge in [0.1, 0.15) is 6.61 Å². The molecule has 0 aliphatic rings. The van der Waals surface area contributed by atoms with Crippen molar-refractivity contribution < 1.29 is 23.0 Å². The van der Waals surface area contributed by atoms with E-state index in [1.807, 2.05) is 0 Å². The first-order chi connectivity index (χ1) is 7.66. The van der Waals surface area contributed by atoms with E-state index in [0.29, 0.717) is 13.2 Å². The van der Waals surface area contributed by atoms with Gasteiger partial charge in [-0.1, -0.05) is 0 Å². The van der Waals surface area contributed by atoms with E-state index in [1.54, 1.807) is 7.11 Å². The lowest BCUT2D eigenvalue weighted by Gasteiger charge is -2.06. The van der Waals surface area contributed by atoms with E-state index >= 15 is 0 Å².